The van der Waals surface area contributed by atoms with E-state index in [-0.39, 0.29) is 51.0 Å². The monoisotopic (exact) mass is 338 g/mol. The molecule has 0 saturated carbocycles. The van der Waals surface area contributed by atoms with Crippen LogP contribution < -0.4 is 24.8 Å². The smallest absolute Gasteiger partial charge is 1.00 e. The van der Waals surface area contributed by atoms with Crippen molar-refractivity contribution in [3.8, 4) is 0 Å². The van der Waals surface area contributed by atoms with Gasteiger partial charge in [0, 0.05) is 11.2 Å². The molecule has 0 amide bonds. The van der Waals surface area contributed by atoms with Crippen LogP contribution in [0.3, 0.4) is 0 Å². The Morgan fingerprint density at radius 3 is 2.40 bits per heavy atom. The number of thioether (sulfide) groups is 1. The van der Waals surface area contributed by atoms with E-state index in [0.29, 0.717) is 11.2 Å². The molecule has 0 nitrogen and oxygen atoms in total. The number of hydrogen-bond acceptors (Lipinski definition) is 1. The maximum atomic E-state index is 2.31. The van der Waals surface area contributed by atoms with Crippen LogP contribution in [0, 0.1) is 5.92 Å². The molecule has 2 unspecified atom stereocenters. The van der Waals surface area contributed by atoms with Gasteiger partial charge >= 0.3 is 26.2 Å². The first-order chi connectivity index (χ1) is 5.70. The van der Waals surface area contributed by atoms with Crippen molar-refractivity contribution in [2.75, 3.05) is 0 Å². The number of allylic oxidation sites excluding steroid dienone is 5. The molecule has 2 rings (SSSR count). The minimum absolute atomic E-state index is 0. The molecular weight excluding hydrogens is 326 g/mol. The number of rotatable bonds is 0. The van der Waals surface area contributed by atoms with Gasteiger partial charge in [-0.2, -0.15) is 0 Å². The molecule has 1 heterocycles. The van der Waals surface area contributed by atoms with Crippen molar-refractivity contribution >= 4 is 11.8 Å². The molecule has 0 bridgehead atoms. The summed E-state index contributed by atoms with van der Waals surface area (Å²) in [5, 5.41) is 0.691. The second kappa shape index (κ2) is 7.38. The molecule has 0 spiro atoms. The molecule has 0 aromatic heterocycles. The number of hydrogen-bond donors (Lipinski definition) is 0. The fraction of sp³-hybridized carbons (Fsp3) is 0.455. The fourth-order valence-electron chi connectivity index (χ4n) is 2.07. The second-order valence-electron chi connectivity index (χ2n) is 3.65. The Morgan fingerprint density at radius 2 is 1.87 bits per heavy atom. The summed E-state index contributed by atoms with van der Waals surface area (Å²) in [6.07, 6.45) is 6.75. The van der Waals surface area contributed by atoms with E-state index in [1.54, 1.807) is 10.5 Å². The van der Waals surface area contributed by atoms with Crippen molar-refractivity contribution < 1.29 is 51.0 Å². The van der Waals surface area contributed by atoms with Gasteiger partial charge in [0.2, 0.25) is 0 Å². The fourth-order valence-corrected chi connectivity index (χ4v) is 3.49. The predicted octanol–water partition coefficient (Wildman–Crippen LogP) is -2.47. The zero-order valence-corrected chi connectivity index (χ0v) is 13.8. The van der Waals surface area contributed by atoms with E-state index in [1.807, 2.05) is 11.8 Å². The quantitative estimate of drug-likeness (QED) is 0.441. The molecule has 2 aliphatic rings. The van der Waals surface area contributed by atoms with Crippen LogP contribution in [-0.2, 0) is 26.2 Å². The van der Waals surface area contributed by atoms with Crippen LogP contribution in [0.2, 0.25) is 0 Å². The van der Waals surface area contributed by atoms with Crippen LogP contribution in [-0.4, -0.2) is 5.25 Å². The summed E-state index contributed by atoms with van der Waals surface area (Å²) in [5.41, 5.74) is 3.12. The van der Waals surface area contributed by atoms with Gasteiger partial charge in [-0.1, -0.05) is 23.8 Å². The second-order valence-corrected chi connectivity index (χ2v) is 5.06. The summed E-state index contributed by atoms with van der Waals surface area (Å²) in [5.74, 6) is 0.634. The minimum Gasteiger partial charge on any atom is -1.00 e. The molecule has 4 heteroatoms. The maximum Gasteiger partial charge on any atom is 2.00 e. The van der Waals surface area contributed by atoms with E-state index in [2.05, 4.69) is 39.0 Å². The zero-order chi connectivity index (χ0) is 8.72. The predicted molar refractivity (Wildman–Crippen MR) is 56.1 cm³/mol. The van der Waals surface area contributed by atoms with Crippen LogP contribution in [0.4, 0.5) is 0 Å². The first kappa shape index (κ1) is 18.4. The van der Waals surface area contributed by atoms with E-state index in [9.17, 15) is 0 Å². The van der Waals surface area contributed by atoms with Gasteiger partial charge in [-0.15, -0.1) is 11.8 Å². The maximum absolute atomic E-state index is 2.31. The number of halogens is 2. The average Bonchev–Trinajstić information content (AvgIpc) is 2.44. The van der Waals surface area contributed by atoms with E-state index < -0.39 is 0 Å². The normalized spacial score (nSPS) is 25.8. The van der Waals surface area contributed by atoms with Gasteiger partial charge in [-0.25, -0.2) is 0 Å². The third kappa shape index (κ3) is 3.49. The molecule has 0 radical (unpaired) electrons. The Morgan fingerprint density at radius 1 is 1.27 bits per heavy atom. The molecule has 82 valence electrons. The molecule has 0 aromatic carbocycles. The van der Waals surface area contributed by atoms with Crippen molar-refractivity contribution in [1.29, 1.82) is 0 Å². The van der Waals surface area contributed by atoms with E-state index >= 15 is 0 Å². The van der Waals surface area contributed by atoms with Crippen LogP contribution >= 0.6 is 11.8 Å². The molecule has 0 N–H and O–H groups in total. The van der Waals surface area contributed by atoms with Crippen molar-refractivity contribution in [3.05, 3.63) is 34.3 Å². The minimum atomic E-state index is 0. The van der Waals surface area contributed by atoms with Crippen molar-refractivity contribution in [2.45, 2.75) is 26.0 Å². The average molecular weight is 340 g/mol. The van der Waals surface area contributed by atoms with Crippen LogP contribution in [0.15, 0.2) is 34.3 Å². The molecule has 1 saturated heterocycles. The van der Waals surface area contributed by atoms with Gasteiger partial charge in [0.15, 0.2) is 0 Å². The summed E-state index contributed by atoms with van der Waals surface area (Å²) in [7, 11) is 0. The largest absolute Gasteiger partial charge is 2.00 e. The third-order valence-electron chi connectivity index (χ3n) is 2.53. The summed E-state index contributed by atoms with van der Waals surface area (Å²) >= 11 is 2.01. The van der Waals surface area contributed by atoms with Crippen molar-refractivity contribution in [3.63, 3.8) is 0 Å². The molecule has 1 aliphatic heterocycles. The van der Waals surface area contributed by atoms with Gasteiger partial charge in [-0.3, -0.25) is 0 Å². The van der Waals surface area contributed by atoms with Gasteiger partial charge < -0.3 is 24.8 Å². The molecule has 2 atom stereocenters. The van der Waals surface area contributed by atoms with E-state index in [1.165, 1.54) is 5.57 Å². The van der Waals surface area contributed by atoms with Gasteiger partial charge in [0.1, 0.15) is 0 Å². The van der Waals surface area contributed by atoms with Gasteiger partial charge in [0.05, 0.1) is 0 Å². The van der Waals surface area contributed by atoms with Gasteiger partial charge in [0.25, 0.3) is 0 Å². The number of fused-ring (bicyclic) bond motifs is 1. The third-order valence-corrected chi connectivity index (χ3v) is 3.80. The Bertz CT molecular complexity index is 304. The molecular formula is C11H14Cl2SZr. The van der Waals surface area contributed by atoms with Crippen LogP contribution in [0.25, 0.3) is 0 Å². The van der Waals surface area contributed by atoms with Gasteiger partial charge in [-0.05, 0) is 31.2 Å². The Labute approximate surface area is 128 Å². The molecule has 1 fully saturated rings. The van der Waals surface area contributed by atoms with E-state index in [0.717, 1.165) is 0 Å². The Kier molecular flexibility index (Phi) is 9.05. The summed E-state index contributed by atoms with van der Waals surface area (Å²) in [6, 6.07) is 0. The van der Waals surface area contributed by atoms with Crippen molar-refractivity contribution in [2.24, 2.45) is 5.92 Å². The summed E-state index contributed by atoms with van der Waals surface area (Å²) in [6.45, 7) is 6.75. The first-order valence-electron chi connectivity index (χ1n) is 4.42. The first-order valence-corrected chi connectivity index (χ1v) is 5.30. The topological polar surface area (TPSA) is 0 Å². The Hall–Kier alpha value is 1.03. The molecule has 15 heavy (non-hydrogen) atoms. The zero-order valence-electron chi connectivity index (χ0n) is 9.05. The summed E-state index contributed by atoms with van der Waals surface area (Å²) < 4.78 is 0. The van der Waals surface area contributed by atoms with Crippen LogP contribution in [0.1, 0.15) is 20.8 Å². The van der Waals surface area contributed by atoms with E-state index in [4.69, 9.17) is 0 Å². The molecule has 1 aliphatic carbocycles. The van der Waals surface area contributed by atoms with Crippen LogP contribution in [0.5, 0.6) is 0 Å². The summed E-state index contributed by atoms with van der Waals surface area (Å²) in [4.78, 5) is 1.54. The Balaban J connectivity index is 0. The standard InChI is InChI=1S/C11H14S.2ClH.Zr/c1-7(2)11-8(3)12-10-6-4-5-9(10)11;;;/h4-6,8-9H,1-3H3;2*1H;/q;;;+2/p-2. The van der Waals surface area contributed by atoms with Crippen molar-refractivity contribution in [1.82, 2.24) is 0 Å². The SMILES string of the molecule is CC(C)=C1C(C)SC2=CC=CC21.[Cl-].[Cl-].[Zr+2]. The molecule has 0 aromatic rings.